The zero-order valence-corrected chi connectivity index (χ0v) is 8.00. The molecule has 1 heteroatoms. The van der Waals surface area contributed by atoms with Crippen LogP contribution in [0, 0.1) is 23.7 Å². The first-order valence-corrected chi connectivity index (χ1v) is 4.32. The van der Waals surface area contributed by atoms with Gasteiger partial charge in [-0.25, -0.2) is 0 Å². The first kappa shape index (κ1) is 10.1. The third-order valence-corrected chi connectivity index (χ3v) is 1.62. The van der Waals surface area contributed by atoms with Gasteiger partial charge in [0, 0.05) is 5.56 Å². The van der Waals surface area contributed by atoms with E-state index in [4.69, 9.17) is 0 Å². The van der Waals surface area contributed by atoms with Crippen molar-refractivity contribution in [3.63, 3.8) is 0 Å². The van der Waals surface area contributed by atoms with Gasteiger partial charge in [-0.05, 0) is 18.8 Å². The van der Waals surface area contributed by atoms with Crippen LogP contribution in [0.15, 0.2) is 30.3 Å². The summed E-state index contributed by atoms with van der Waals surface area (Å²) in [6.45, 7) is 1.72. The Balaban J connectivity index is 2.60. The molecular weight excluding hydrogens is 172 g/mol. The summed E-state index contributed by atoms with van der Waals surface area (Å²) in [5, 5.41) is 0. The van der Waals surface area contributed by atoms with Gasteiger partial charge in [-0.1, -0.05) is 42.2 Å². The molecule has 0 fully saturated rings. The lowest BCUT2D eigenvalue weighted by atomic mass is 10.1. The number of carbonyl (C=O) groups excluding carboxylic acids is 1. The molecule has 0 aliphatic rings. The Morgan fingerprint density at radius 3 is 2.57 bits per heavy atom. The fourth-order valence-electron chi connectivity index (χ4n) is 0.957. The number of rotatable bonds is 2. The van der Waals surface area contributed by atoms with Crippen LogP contribution in [0.25, 0.3) is 0 Å². The van der Waals surface area contributed by atoms with Crippen LogP contribution in [0.3, 0.4) is 0 Å². The third kappa shape index (κ3) is 3.17. The zero-order chi connectivity index (χ0) is 10.2. The van der Waals surface area contributed by atoms with E-state index in [0.29, 0.717) is 5.56 Å². The van der Waals surface area contributed by atoms with Crippen LogP contribution in [0.2, 0.25) is 0 Å². The first-order valence-electron chi connectivity index (χ1n) is 4.32. The zero-order valence-electron chi connectivity index (χ0n) is 8.00. The molecule has 0 N–H and O–H groups in total. The fraction of sp³-hybridized carbons (Fsp3) is 0.154. The third-order valence-electron chi connectivity index (χ3n) is 1.62. The molecule has 0 aliphatic heterocycles. The molecule has 0 bridgehead atoms. The molecule has 68 valence electrons. The Kier molecular flexibility index (Phi) is 4.05. The molecule has 0 atom stereocenters. The summed E-state index contributed by atoms with van der Waals surface area (Å²) in [6.07, 6.45) is 0.235. The Labute approximate surface area is 84.1 Å². The average Bonchev–Trinajstić information content (AvgIpc) is 2.25. The van der Waals surface area contributed by atoms with Crippen molar-refractivity contribution in [3.8, 4) is 23.7 Å². The molecule has 0 saturated heterocycles. The lowest BCUT2D eigenvalue weighted by Crippen LogP contribution is -1.95. The Hall–Kier alpha value is -1.99. The Morgan fingerprint density at radius 2 is 1.93 bits per heavy atom. The second kappa shape index (κ2) is 5.62. The predicted octanol–water partition coefficient (Wildman–Crippen LogP) is 2.29. The van der Waals surface area contributed by atoms with E-state index in [0.717, 1.165) is 0 Å². The van der Waals surface area contributed by atoms with Gasteiger partial charge in [0.2, 0.25) is 0 Å². The molecule has 0 aliphatic carbocycles. The van der Waals surface area contributed by atoms with Crippen LogP contribution in [0.4, 0.5) is 0 Å². The van der Waals surface area contributed by atoms with Crippen molar-refractivity contribution in [1.29, 1.82) is 0 Å². The van der Waals surface area contributed by atoms with Gasteiger partial charge in [-0.2, -0.15) is 0 Å². The summed E-state index contributed by atoms with van der Waals surface area (Å²) in [7, 11) is 0. The lowest BCUT2D eigenvalue weighted by molar-refractivity contribution is 0.0998. The topological polar surface area (TPSA) is 17.1 Å². The maximum absolute atomic E-state index is 11.5. The second-order valence-electron chi connectivity index (χ2n) is 2.64. The summed E-state index contributed by atoms with van der Waals surface area (Å²) in [5.74, 6) is 10.6. The van der Waals surface area contributed by atoms with E-state index in [1.54, 1.807) is 19.1 Å². The molecule has 0 spiro atoms. The smallest absolute Gasteiger partial charge is 0.174 e. The molecule has 0 heterocycles. The van der Waals surface area contributed by atoms with Crippen LogP contribution in [0.5, 0.6) is 0 Å². The minimum atomic E-state index is 0.0380. The van der Waals surface area contributed by atoms with Gasteiger partial charge in [0.1, 0.15) is 0 Å². The molecule has 0 unspecified atom stereocenters. The van der Waals surface area contributed by atoms with Crippen LogP contribution in [-0.4, -0.2) is 5.78 Å². The number of carbonyl (C=O) groups is 1. The summed E-state index contributed by atoms with van der Waals surface area (Å²) in [5.41, 5.74) is 0.700. The molecular formula is C13H10O. The number of hydrogen-bond acceptors (Lipinski definition) is 1. The molecule has 1 aromatic carbocycles. The van der Waals surface area contributed by atoms with E-state index in [1.165, 1.54) is 0 Å². The molecule has 1 nitrogen and oxygen atoms in total. The van der Waals surface area contributed by atoms with E-state index in [2.05, 4.69) is 23.7 Å². The van der Waals surface area contributed by atoms with E-state index in [1.807, 2.05) is 18.2 Å². The number of hydrogen-bond donors (Lipinski definition) is 0. The summed E-state index contributed by atoms with van der Waals surface area (Å²) in [6, 6.07) is 9.13. The van der Waals surface area contributed by atoms with Crippen molar-refractivity contribution in [2.45, 2.75) is 13.3 Å². The number of Topliss-reactive ketones (excluding diaryl/α,β-unsaturated/α-hetero) is 1. The summed E-state index contributed by atoms with van der Waals surface area (Å²) in [4.78, 5) is 11.5. The Morgan fingerprint density at radius 1 is 1.21 bits per heavy atom. The van der Waals surface area contributed by atoms with Gasteiger partial charge >= 0.3 is 0 Å². The summed E-state index contributed by atoms with van der Waals surface area (Å²) < 4.78 is 0. The minimum Gasteiger partial charge on any atom is -0.293 e. The van der Waals surface area contributed by atoms with Crippen molar-refractivity contribution >= 4 is 5.78 Å². The molecule has 14 heavy (non-hydrogen) atoms. The standard InChI is InChI=1S/C13H10O/c1-2-3-4-8-11-13(14)12-9-6-5-7-10-12/h5-7,9-10H,11H2,1H3. The predicted molar refractivity (Wildman–Crippen MR) is 56.6 cm³/mol. The van der Waals surface area contributed by atoms with Crippen LogP contribution < -0.4 is 0 Å². The Bertz CT molecular complexity index is 421. The van der Waals surface area contributed by atoms with Crippen molar-refractivity contribution in [3.05, 3.63) is 35.9 Å². The minimum absolute atomic E-state index is 0.0380. The van der Waals surface area contributed by atoms with Crippen LogP contribution in [0.1, 0.15) is 23.7 Å². The van der Waals surface area contributed by atoms with Gasteiger partial charge in [-0.15, -0.1) is 0 Å². The van der Waals surface area contributed by atoms with Gasteiger partial charge in [0.15, 0.2) is 5.78 Å². The van der Waals surface area contributed by atoms with Gasteiger partial charge in [0.05, 0.1) is 6.42 Å². The number of ketones is 1. The highest BCUT2D eigenvalue weighted by molar-refractivity contribution is 5.97. The fourth-order valence-corrected chi connectivity index (χ4v) is 0.957. The maximum Gasteiger partial charge on any atom is 0.174 e. The highest BCUT2D eigenvalue weighted by Crippen LogP contribution is 2.01. The largest absolute Gasteiger partial charge is 0.293 e. The van der Waals surface area contributed by atoms with Crippen molar-refractivity contribution < 1.29 is 4.79 Å². The van der Waals surface area contributed by atoms with Crippen molar-refractivity contribution in [2.75, 3.05) is 0 Å². The molecule has 1 rings (SSSR count). The molecule has 0 saturated carbocycles. The molecule has 1 aromatic rings. The monoisotopic (exact) mass is 182 g/mol. The molecule has 0 radical (unpaired) electrons. The SMILES string of the molecule is CC#CC#CCC(=O)c1ccccc1. The quantitative estimate of drug-likeness (QED) is 0.506. The highest BCUT2D eigenvalue weighted by atomic mass is 16.1. The van der Waals surface area contributed by atoms with Crippen LogP contribution >= 0.6 is 0 Å². The van der Waals surface area contributed by atoms with Crippen molar-refractivity contribution in [1.82, 2.24) is 0 Å². The number of benzene rings is 1. The average molecular weight is 182 g/mol. The van der Waals surface area contributed by atoms with E-state index in [-0.39, 0.29) is 12.2 Å². The van der Waals surface area contributed by atoms with Gasteiger partial charge in [0.25, 0.3) is 0 Å². The maximum atomic E-state index is 11.5. The van der Waals surface area contributed by atoms with E-state index in [9.17, 15) is 4.79 Å². The second-order valence-corrected chi connectivity index (χ2v) is 2.64. The lowest BCUT2D eigenvalue weighted by Gasteiger charge is -1.93. The van der Waals surface area contributed by atoms with Gasteiger partial charge in [-0.3, -0.25) is 4.79 Å². The van der Waals surface area contributed by atoms with E-state index < -0.39 is 0 Å². The summed E-state index contributed by atoms with van der Waals surface area (Å²) >= 11 is 0. The molecule has 0 amide bonds. The normalized spacial score (nSPS) is 7.79. The highest BCUT2D eigenvalue weighted by Gasteiger charge is 2.00. The van der Waals surface area contributed by atoms with Crippen molar-refractivity contribution in [2.24, 2.45) is 0 Å². The van der Waals surface area contributed by atoms with Gasteiger partial charge < -0.3 is 0 Å². The van der Waals surface area contributed by atoms with Crippen LogP contribution in [-0.2, 0) is 0 Å². The van der Waals surface area contributed by atoms with E-state index >= 15 is 0 Å². The first-order chi connectivity index (χ1) is 6.84. The molecule has 0 aromatic heterocycles.